The highest BCUT2D eigenvalue weighted by Gasteiger charge is 2.40. The number of likely N-dealkylation sites (tertiary alicyclic amines) is 1. The van der Waals surface area contributed by atoms with Crippen molar-refractivity contribution < 1.29 is 14.4 Å². The molecule has 0 bridgehead atoms. The third kappa shape index (κ3) is 6.93. The fourth-order valence-electron chi connectivity index (χ4n) is 5.51. The molecule has 1 unspecified atom stereocenters. The maximum Gasteiger partial charge on any atom is 0.245 e. The summed E-state index contributed by atoms with van der Waals surface area (Å²) in [6.45, 7) is 13.9. The topological polar surface area (TPSA) is 73.0 Å². The Kier molecular flexibility index (Phi) is 9.19. The second kappa shape index (κ2) is 11.7. The molecule has 0 spiro atoms. The van der Waals surface area contributed by atoms with Gasteiger partial charge in [0.05, 0.1) is 6.04 Å². The van der Waals surface area contributed by atoms with Crippen LogP contribution in [0.2, 0.25) is 0 Å². The van der Waals surface area contributed by atoms with Crippen LogP contribution in [-0.2, 0) is 14.4 Å². The lowest BCUT2D eigenvalue weighted by atomic mass is 9.91. The standard InChI is InChI=1S/C26H46N4O3/c1-6-29(19(4)5)24(31)17-21-9-12-28(13-10-21)26(33)23(15-18(2)3)30-14-11-27-22(25(30)32)16-20-7-8-20/h18-23,27H,6-17H2,1-5H3/t22-,23?/m0/s1. The molecule has 3 fully saturated rings. The zero-order chi connectivity index (χ0) is 24.1. The summed E-state index contributed by atoms with van der Waals surface area (Å²) in [6.07, 6.45) is 6.36. The molecule has 2 heterocycles. The number of nitrogens with one attached hydrogen (secondary N) is 1. The lowest BCUT2D eigenvalue weighted by molar-refractivity contribution is -0.150. The Morgan fingerprint density at radius 2 is 1.70 bits per heavy atom. The van der Waals surface area contributed by atoms with Gasteiger partial charge in [-0.1, -0.05) is 26.7 Å². The summed E-state index contributed by atoms with van der Waals surface area (Å²) < 4.78 is 0. The van der Waals surface area contributed by atoms with Gasteiger partial charge in [-0.3, -0.25) is 14.4 Å². The number of piperidine rings is 1. The van der Waals surface area contributed by atoms with Crippen molar-refractivity contribution >= 4 is 17.7 Å². The molecule has 0 aromatic rings. The predicted octanol–water partition coefficient (Wildman–Crippen LogP) is 2.89. The van der Waals surface area contributed by atoms with E-state index in [9.17, 15) is 14.4 Å². The predicted molar refractivity (Wildman–Crippen MR) is 131 cm³/mol. The van der Waals surface area contributed by atoms with Crippen LogP contribution >= 0.6 is 0 Å². The Balaban J connectivity index is 1.58. The molecule has 2 aliphatic heterocycles. The Morgan fingerprint density at radius 3 is 2.24 bits per heavy atom. The second-order valence-electron chi connectivity index (χ2n) is 11.1. The molecule has 0 radical (unpaired) electrons. The molecule has 3 rings (SSSR count). The van der Waals surface area contributed by atoms with Gasteiger partial charge in [-0.05, 0) is 64.2 Å². The molecule has 188 valence electrons. The van der Waals surface area contributed by atoms with Crippen molar-refractivity contribution in [3.05, 3.63) is 0 Å². The number of piperazine rings is 1. The summed E-state index contributed by atoms with van der Waals surface area (Å²) in [6, 6.07) is -0.273. The number of nitrogens with zero attached hydrogens (tertiary/aromatic N) is 3. The van der Waals surface area contributed by atoms with E-state index in [1.54, 1.807) is 0 Å². The first-order valence-electron chi connectivity index (χ1n) is 13.3. The summed E-state index contributed by atoms with van der Waals surface area (Å²) in [5.74, 6) is 1.79. The van der Waals surface area contributed by atoms with Crippen molar-refractivity contribution in [2.45, 2.75) is 97.7 Å². The maximum absolute atomic E-state index is 13.6. The number of amides is 3. The molecule has 1 N–H and O–H groups in total. The van der Waals surface area contributed by atoms with Gasteiger partial charge in [-0.2, -0.15) is 0 Å². The van der Waals surface area contributed by atoms with Crippen molar-refractivity contribution in [1.29, 1.82) is 0 Å². The van der Waals surface area contributed by atoms with Crippen LogP contribution in [0.3, 0.4) is 0 Å². The molecule has 0 aromatic heterocycles. The number of carbonyl (C=O) groups is 3. The Bertz CT molecular complexity index is 683. The van der Waals surface area contributed by atoms with Crippen molar-refractivity contribution in [3.8, 4) is 0 Å². The third-order valence-corrected chi connectivity index (χ3v) is 7.62. The molecule has 1 aliphatic carbocycles. The van der Waals surface area contributed by atoms with Crippen LogP contribution in [0.5, 0.6) is 0 Å². The highest BCUT2D eigenvalue weighted by Crippen LogP contribution is 2.34. The van der Waals surface area contributed by atoms with Gasteiger partial charge in [0.2, 0.25) is 17.7 Å². The normalized spacial score (nSPS) is 23.4. The Hall–Kier alpha value is -1.63. The van der Waals surface area contributed by atoms with E-state index in [2.05, 4.69) is 33.0 Å². The van der Waals surface area contributed by atoms with E-state index in [0.29, 0.717) is 50.2 Å². The van der Waals surface area contributed by atoms with Crippen LogP contribution < -0.4 is 5.32 Å². The minimum atomic E-state index is -0.365. The molecule has 7 nitrogen and oxygen atoms in total. The van der Waals surface area contributed by atoms with Gasteiger partial charge >= 0.3 is 0 Å². The summed E-state index contributed by atoms with van der Waals surface area (Å²) in [5, 5.41) is 3.39. The van der Waals surface area contributed by atoms with Crippen LogP contribution in [0.15, 0.2) is 0 Å². The largest absolute Gasteiger partial charge is 0.341 e. The average molecular weight is 463 g/mol. The van der Waals surface area contributed by atoms with Crippen LogP contribution in [0.4, 0.5) is 0 Å². The van der Waals surface area contributed by atoms with Crippen LogP contribution in [0.1, 0.15) is 79.6 Å². The van der Waals surface area contributed by atoms with E-state index in [-0.39, 0.29) is 35.8 Å². The van der Waals surface area contributed by atoms with Gasteiger partial charge in [-0.15, -0.1) is 0 Å². The molecule has 1 saturated carbocycles. The average Bonchev–Trinajstić information content (AvgIpc) is 3.58. The molecule has 3 aliphatic rings. The molecular formula is C26H46N4O3. The van der Waals surface area contributed by atoms with Crippen molar-refractivity contribution in [3.63, 3.8) is 0 Å². The van der Waals surface area contributed by atoms with Crippen molar-refractivity contribution in [2.75, 3.05) is 32.7 Å². The van der Waals surface area contributed by atoms with Crippen molar-refractivity contribution in [1.82, 2.24) is 20.0 Å². The van der Waals surface area contributed by atoms with Crippen LogP contribution in [-0.4, -0.2) is 83.3 Å². The Morgan fingerprint density at radius 1 is 1.03 bits per heavy atom. The number of hydrogen-bond acceptors (Lipinski definition) is 4. The van der Waals surface area contributed by atoms with Gasteiger partial charge in [0.15, 0.2) is 0 Å². The van der Waals surface area contributed by atoms with Gasteiger partial charge in [0.25, 0.3) is 0 Å². The van der Waals surface area contributed by atoms with E-state index >= 15 is 0 Å². The zero-order valence-corrected chi connectivity index (χ0v) is 21.5. The second-order valence-corrected chi connectivity index (χ2v) is 11.1. The van der Waals surface area contributed by atoms with E-state index in [1.807, 2.05) is 21.6 Å². The van der Waals surface area contributed by atoms with Gasteiger partial charge in [0.1, 0.15) is 6.04 Å². The molecule has 0 aromatic carbocycles. The number of carbonyl (C=O) groups excluding carboxylic acids is 3. The smallest absolute Gasteiger partial charge is 0.245 e. The summed E-state index contributed by atoms with van der Waals surface area (Å²) in [5.41, 5.74) is 0. The van der Waals surface area contributed by atoms with E-state index in [4.69, 9.17) is 0 Å². The lowest BCUT2D eigenvalue weighted by Crippen LogP contribution is -2.62. The minimum Gasteiger partial charge on any atom is -0.341 e. The van der Waals surface area contributed by atoms with Gasteiger partial charge < -0.3 is 20.0 Å². The molecular weight excluding hydrogens is 416 g/mol. The maximum atomic E-state index is 13.6. The number of hydrogen-bond donors (Lipinski definition) is 1. The first-order valence-corrected chi connectivity index (χ1v) is 13.3. The number of rotatable bonds is 10. The summed E-state index contributed by atoms with van der Waals surface area (Å²) in [4.78, 5) is 45.3. The first-order chi connectivity index (χ1) is 15.7. The van der Waals surface area contributed by atoms with Crippen LogP contribution in [0, 0.1) is 17.8 Å². The third-order valence-electron chi connectivity index (χ3n) is 7.62. The van der Waals surface area contributed by atoms with Gasteiger partial charge in [0, 0.05) is 45.2 Å². The minimum absolute atomic E-state index is 0.103. The lowest BCUT2D eigenvalue weighted by Gasteiger charge is -2.42. The monoisotopic (exact) mass is 462 g/mol. The first kappa shape index (κ1) is 26.0. The SMILES string of the molecule is CCN(C(=O)CC1CCN(C(=O)C(CC(C)C)N2CCN[C@@H](CC3CC3)C2=O)CC1)C(C)C. The molecule has 3 amide bonds. The highest BCUT2D eigenvalue weighted by molar-refractivity contribution is 5.90. The quantitative estimate of drug-likeness (QED) is 0.542. The summed E-state index contributed by atoms with van der Waals surface area (Å²) in [7, 11) is 0. The fraction of sp³-hybridized carbons (Fsp3) is 0.885. The molecule has 7 heteroatoms. The fourth-order valence-corrected chi connectivity index (χ4v) is 5.51. The van der Waals surface area contributed by atoms with E-state index < -0.39 is 0 Å². The molecule has 2 saturated heterocycles. The molecule has 33 heavy (non-hydrogen) atoms. The van der Waals surface area contributed by atoms with E-state index in [0.717, 1.165) is 32.4 Å². The van der Waals surface area contributed by atoms with Crippen molar-refractivity contribution in [2.24, 2.45) is 17.8 Å². The van der Waals surface area contributed by atoms with Crippen LogP contribution in [0.25, 0.3) is 0 Å². The van der Waals surface area contributed by atoms with E-state index in [1.165, 1.54) is 12.8 Å². The highest BCUT2D eigenvalue weighted by atomic mass is 16.2. The molecule has 2 atom stereocenters. The van der Waals surface area contributed by atoms with Gasteiger partial charge in [-0.25, -0.2) is 0 Å². The zero-order valence-electron chi connectivity index (χ0n) is 21.5. The Labute approximate surface area is 200 Å². The summed E-state index contributed by atoms with van der Waals surface area (Å²) >= 11 is 0.